The molecule has 0 spiro atoms. The summed E-state index contributed by atoms with van der Waals surface area (Å²) in [6.45, 7) is 6.74. The van der Waals surface area contributed by atoms with Crippen LogP contribution >= 0.6 is 11.6 Å². The zero-order chi connectivity index (χ0) is 19.8. The molecule has 2 aromatic rings. The molecule has 1 fully saturated rings. The molecule has 1 aromatic carbocycles. The molecule has 0 atom stereocenters. The summed E-state index contributed by atoms with van der Waals surface area (Å²) < 4.78 is 6.58. The Bertz CT molecular complexity index is 922. The lowest BCUT2D eigenvalue weighted by Crippen LogP contribution is -2.37. The van der Waals surface area contributed by atoms with E-state index in [0.717, 1.165) is 0 Å². The summed E-state index contributed by atoms with van der Waals surface area (Å²) >= 11 is 5.98. The Hall–Kier alpha value is -2.74. The van der Waals surface area contributed by atoms with Gasteiger partial charge in [-0.05, 0) is 39.0 Å². The SMILES string of the molecule is CC(C)(C)OC(=O)N1CCN(c2cnn(-c3cccc(Cl)c3)c(=O)c2N)C1. The van der Waals surface area contributed by atoms with Crippen LogP contribution in [0.4, 0.5) is 16.2 Å². The normalized spacial score (nSPS) is 14.5. The number of amides is 1. The number of hydrogen-bond donors (Lipinski definition) is 1. The van der Waals surface area contributed by atoms with Crippen molar-refractivity contribution in [1.82, 2.24) is 14.7 Å². The molecule has 0 saturated carbocycles. The summed E-state index contributed by atoms with van der Waals surface area (Å²) in [6.07, 6.45) is 1.12. The first-order valence-corrected chi connectivity index (χ1v) is 8.90. The first kappa shape index (κ1) is 19.0. The molecule has 1 aliphatic rings. The van der Waals surface area contributed by atoms with Gasteiger partial charge in [-0.2, -0.15) is 9.78 Å². The van der Waals surface area contributed by atoms with Gasteiger partial charge >= 0.3 is 6.09 Å². The van der Waals surface area contributed by atoms with Gasteiger partial charge in [-0.25, -0.2) is 4.79 Å². The number of nitrogens with two attached hydrogens (primary N) is 1. The van der Waals surface area contributed by atoms with Gasteiger partial charge in [-0.3, -0.25) is 9.69 Å². The Labute approximate surface area is 162 Å². The van der Waals surface area contributed by atoms with E-state index in [1.54, 1.807) is 29.2 Å². The van der Waals surface area contributed by atoms with Gasteiger partial charge < -0.3 is 15.4 Å². The predicted octanol–water partition coefficient (Wildman–Crippen LogP) is 2.48. The molecule has 3 rings (SSSR count). The maximum Gasteiger partial charge on any atom is 0.411 e. The molecule has 8 nitrogen and oxygen atoms in total. The van der Waals surface area contributed by atoms with Crippen molar-refractivity contribution in [2.24, 2.45) is 0 Å². The highest BCUT2D eigenvalue weighted by molar-refractivity contribution is 6.30. The minimum atomic E-state index is -0.567. The van der Waals surface area contributed by atoms with Gasteiger partial charge in [0.05, 0.1) is 24.2 Å². The molecular weight excluding hydrogens is 370 g/mol. The number of anilines is 2. The van der Waals surface area contributed by atoms with E-state index in [1.807, 2.05) is 25.7 Å². The number of nitrogens with zero attached hydrogens (tertiary/aromatic N) is 4. The van der Waals surface area contributed by atoms with Crippen molar-refractivity contribution < 1.29 is 9.53 Å². The van der Waals surface area contributed by atoms with Crippen LogP contribution in [0.25, 0.3) is 5.69 Å². The highest BCUT2D eigenvalue weighted by Gasteiger charge is 2.30. The van der Waals surface area contributed by atoms with Crippen molar-refractivity contribution in [3.05, 3.63) is 45.8 Å². The van der Waals surface area contributed by atoms with Crippen molar-refractivity contribution in [3.63, 3.8) is 0 Å². The molecule has 1 aliphatic heterocycles. The van der Waals surface area contributed by atoms with Crippen molar-refractivity contribution in [2.45, 2.75) is 26.4 Å². The molecule has 2 heterocycles. The molecule has 0 unspecified atom stereocenters. The third-order valence-corrected chi connectivity index (χ3v) is 4.26. The molecule has 0 bridgehead atoms. The number of nitrogen functional groups attached to an aromatic ring is 1. The third-order valence-electron chi connectivity index (χ3n) is 4.02. The fraction of sp³-hybridized carbons (Fsp3) is 0.389. The fourth-order valence-electron chi connectivity index (χ4n) is 2.76. The Morgan fingerprint density at radius 2 is 2.04 bits per heavy atom. The van der Waals surface area contributed by atoms with Crippen LogP contribution in [0.1, 0.15) is 20.8 Å². The van der Waals surface area contributed by atoms with Gasteiger partial charge in [0.15, 0.2) is 0 Å². The largest absolute Gasteiger partial charge is 0.444 e. The maximum atomic E-state index is 12.7. The smallest absolute Gasteiger partial charge is 0.411 e. The van der Waals surface area contributed by atoms with Crippen LogP contribution in [-0.4, -0.2) is 46.1 Å². The van der Waals surface area contributed by atoms with E-state index in [9.17, 15) is 9.59 Å². The van der Waals surface area contributed by atoms with Crippen molar-refractivity contribution in [2.75, 3.05) is 30.4 Å². The minimum absolute atomic E-state index is 0.0658. The van der Waals surface area contributed by atoms with Crippen LogP contribution in [0.15, 0.2) is 35.3 Å². The Kier molecular flexibility index (Phi) is 5.01. The monoisotopic (exact) mass is 391 g/mol. The molecule has 144 valence electrons. The molecule has 27 heavy (non-hydrogen) atoms. The highest BCUT2D eigenvalue weighted by atomic mass is 35.5. The second-order valence-electron chi connectivity index (χ2n) is 7.29. The first-order chi connectivity index (χ1) is 12.7. The molecule has 1 saturated heterocycles. The van der Waals surface area contributed by atoms with E-state index in [1.165, 1.54) is 10.9 Å². The molecule has 9 heteroatoms. The average molecular weight is 392 g/mol. The molecule has 0 aliphatic carbocycles. The lowest BCUT2D eigenvalue weighted by atomic mass is 10.2. The standard InChI is InChI=1S/C18H22ClN5O3/c1-18(2,3)27-17(26)23-8-7-22(11-23)14-10-21-24(16(25)15(14)20)13-6-4-5-12(19)9-13/h4-6,9-10H,7-8,11,20H2,1-3H3. The van der Waals surface area contributed by atoms with E-state index < -0.39 is 17.3 Å². The van der Waals surface area contributed by atoms with E-state index in [2.05, 4.69) is 5.10 Å². The zero-order valence-corrected chi connectivity index (χ0v) is 16.2. The summed E-state index contributed by atoms with van der Waals surface area (Å²) in [5, 5.41) is 4.71. The van der Waals surface area contributed by atoms with Crippen LogP contribution in [-0.2, 0) is 4.74 Å². The third kappa shape index (κ3) is 4.16. The van der Waals surface area contributed by atoms with E-state index in [-0.39, 0.29) is 12.4 Å². The number of hydrogen-bond acceptors (Lipinski definition) is 6. The van der Waals surface area contributed by atoms with Crippen molar-refractivity contribution in [1.29, 1.82) is 0 Å². The quantitative estimate of drug-likeness (QED) is 0.845. The highest BCUT2D eigenvalue weighted by Crippen LogP contribution is 2.23. The Morgan fingerprint density at radius 1 is 1.30 bits per heavy atom. The number of benzene rings is 1. The van der Waals surface area contributed by atoms with E-state index in [0.29, 0.717) is 29.5 Å². The lowest BCUT2D eigenvalue weighted by molar-refractivity contribution is 0.0297. The molecular formula is C18H22ClN5O3. The molecule has 2 N–H and O–H groups in total. The number of carbonyl (C=O) groups excluding carboxylic acids is 1. The number of aromatic nitrogens is 2. The van der Waals surface area contributed by atoms with Gasteiger partial charge in [0.2, 0.25) is 0 Å². The maximum absolute atomic E-state index is 12.7. The van der Waals surface area contributed by atoms with Crippen molar-refractivity contribution >= 4 is 29.1 Å². The Morgan fingerprint density at radius 3 is 2.70 bits per heavy atom. The summed E-state index contributed by atoms with van der Waals surface area (Å²) in [7, 11) is 0. The van der Waals surface area contributed by atoms with Crippen LogP contribution in [0.3, 0.4) is 0 Å². The second-order valence-corrected chi connectivity index (χ2v) is 7.73. The van der Waals surface area contributed by atoms with Gasteiger partial charge in [0, 0.05) is 18.1 Å². The number of carbonyl (C=O) groups is 1. The van der Waals surface area contributed by atoms with E-state index >= 15 is 0 Å². The Balaban J connectivity index is 1.82. The van der Waals surface area contributed by atoms with Crippen molar-refractivity contribution in [3.8, 4) is 5.69 Å². The number of ether oxygens (including phenoxy) is 1. The van der Waals surface area contributed by atoms with Gasteiger partial charge in [0.25, 0.3) is 5.56 Å². The first-order valence-electron chi connectivity index (χ1n) is 8.52. The summed E-state index contributed by atoms with van der Waals surface area (Å²) in [6, 6.07) is 6.80. The van der Waals surface area contributed by atoms with Gasteiger partial charge in [-0.15, -0.1) is 0 Å². The summed E-state index contributed by atoms with van der Waals surface area (Å²) in [5.74, 6) is 0. The predicted molar refractivity (Wildman–Crippen MR) is 104 cm³/mol. The molecule has 1 amide bonds. The van der Waals surface area contributed by atoms with Gasteiger partial charge in [-0.1, -0.05) is 17.7 Å². The van der Waals surface area contributed by atoms with Crippen LogP contribution in [0.2, 0.25) is 5.02 Å². The van der Waals surface area contributed by atoms with Crippen LogP contribution in [0, 0.1) is 0 Å². The fourth-order valence-corrected chi connectivity index (χ4v) is 2.95. The number of rotatable bonds is 2. The molecule has 1 aromatic heterocycles. The topological polar surface area (TPSA) is 93.7 Å². The van der Waals surface area contributed by atoms with Gasteiger partial charge in [0.1, 0.15) is 11.3 Å². The van der Waals surface area contributed by atoms with Crippen LogP contribution in [0.5, 0.6) is 0 Å². The lowest BCUT2D eigenvalue weighted by Gasteiger charge is -2.25. The molecule has 0 radical (unpaired) electrons. The zero-order valence-electron chi connectivity index (χ0n) is 15.5. The van der Waals surface area contributed by atoms with E-state index in [4.69, 9.17) is 22.1 Å². The number of halogens is 1. The minimum Gasteiger partial charge on any atom is -0.444 e. The second kappa shape index (κ2) is 7.11. The average Bonchev–Trinajstić information content (AvgIpc) is 3.05. The summed E-state index contributed by atoms with van der Waals surface area (Å²) in [4.78, 5) is 28.3. The summed E-state index contributed by atoms with van der Waals surface area (Å²) in [5.41, 5.74) is 6.16. The van der Waals surface area contributed by atoms with Crippen LogP contribution < -0.4 is 16.2 Å².